The average molecular weight is 146 g/mol. The van der Waals surface area contributed by atoms with Crippen molar-refractivity contribution >= 4 is 5.97 Å². The molecule has 0 aliphatic carbocycles. The molecule has 3 nitrogen and oxygen atoms in total. The molecule has 0 saturated carbocycles. The summed E-state index contributed by atoms with van der Waals surface area (Å²) in [5, 5.41) is 17.0. The number of rotatable bonds is 5. The van der Waals surface area contributed by atoms with Gasteiger partial charge >= 0.3 is 5.97 Å². The van der Waals surface area contributed by atoms with E-state index in [4.69, 9.17) is 10.2 Å². The minimum atomic E-state index is -0.826. The van der Waals surface area contributed by atoms with E-state index in [-0.39, 0.29) is 18.9 Å². The van der Waals surface area contributed by atoms with Gasteiger partial charge in [-0.05, 0) is 12.3 Å². The first kappa shape index (κ1) is 9.43. The van der Waals surface area contributed by atoms with Crippen molar-refractivity contribution in [3.8, 4) is 0 Å². The largest absolute Gasteiger partial charge is 0.481 e. The van der Waals surface area contributed by atoms with E-state index < -0.39 is 5.97 Å². The summed E-state index contributed by atoms with van der Waals surface area (Å²) in [6.45, 7) is 1.96. The Balaban J connectivity index is 3.49. The Morgan fingerprint density at radius 1 is 1.60 bits per heavy atom. The summed E-state index contributed by atoms with van der Waals surface area (Å²) >= 11 is 0. The van der Waals surface area contributed by atoms with Crippen LogP contribution in [0.3, 0.4) is 0 Å². The van der Waals surface area contributed by atoms with Crippen molar-refractivity contribution in [1.29, 1.82) is 0 Å². The zero-order valence-electron chi connectivity index (χ0n) is 6.21. The molecule has 1 atom stereocenters. The zero-order valence-corrected chi connectivity index (χ0v) is 6.21. The summed E-state index contributed by atoms with van der Waals surface area (Å²) in [4.78, 5) is 10.1. The molecule has 0 unspecified atom stereocenters. The first-order valence-corrected chi connectivity index (χ1v) is 3.53. The number of aliphatic carboxylic acids is 1. The monoisotopic (exact) mass is 146 g/mol. The first-order valence-electron chi connectivity index (χ1n) is 3.53. The molecule has 0 bridgehead atoms. The van der Waals surface area contributed by atoms with Crippen LogP contribution in [0.4, 0.5) is 0 Å². The molecule has 0 heterocycles. The van der Waals surface area contributed by atoms with E-state index in [1.165, 1.54) is 0 Å². The number of aliphatic hydroxyl groups is 1. The number of carboxylic acid groups (broad SMARTS) is 1. The highest BCUT2D eigenvalue weighted by Crippen LogP contribution is 2.09. The molecule has 10 heavy (non-hydrogen) atoms. The average Bonchev–Trinajstić information content (AvgIpc) is 1.86. The number of aliphatic hydroxyl groups excluding tert-OH is 1. The summed E-state index contributed by atoms with van der Waals surface area (Å²) in [5.74, 6) is -0.880. The van der Waals surface area contributed by atoms with Crippen molar-refractivity contribution < 1.29 is 15.0 Å². The van der Waals surface area contributed by atoms with Crippen LogP contribution in [0.25, 0.3) is 0 Å². The van der Waals surface area contributed by atoms with Crippen molar-refractivity contribution in [1.82, 2.24) is 0 Å². The molecule has 0 radical (unpaired) electrons. The molecule has 0 saturated heterocycles. The zero-order chi connectivity index (χ0) is 7.98. The Hall–Kier alpha value is -0.570. The Kier molecular flexibility index (Phi) is 4.94. The molecule has 0 rings (SSSR count). The molecule has 0 spiro atoms. The van der Waals surface area contributed by atoms with Crippen molar-refractivity contribution in [3.63, 3.8) is 0 Å². The third-order valence-corrected chi connectivity index (χ3v) is 1.42. The lowest BCUT2D eigenvalue weighted by atomic mass is 10.0. The molecule has 0 fully saturated rings. The molecular weight excluding hydrogens is 132 g/mol. The van der Waals surface area contributed by atoms with E-state index in [0.717, 1.165) is 12.8 Å². The van der Waals surface area contributed by atoms with E-state index in [2.05, 4.69) is 0 Å². The second-order valence-corrected chi connectivity index (χ2v) is 2.44. The van der Waals surface area contributed by atoms with Gasteiger partial charge in [0, 0.05) is 6.61 Å². The van der Waals surface area contributed by atoms with E-state index in [0.29, 0.717) is 0 Å². The highest BCUT2D eigenvalue weighted by atomic mass is 16.4. The van der Waals surface area contributed by atoms with Crippen LogP contribution in [-0.4, -0.2) is 22.8 Å². The van der Waals surface area contributed by atoms with Gasteiger partial charge in [-0.2, -0.15) is 0 Å². The highest BCUT2D eigenvalue weighted by Gasteiger charge is 2.09. The maximum Gasteiger partial charge on any atom is 0.303 e. The van der Waals surface area contributed by atoms with E-state index in [1.54, 1.807) is 0 Å². The third kappa shape index (κ3) is 4.32. The van der Waals surface area contributed by atoms with Crippen LogP contribution in [0.15, 0.2) is 0 Å². The van der Waals surface area contributed by atoms with Gasteiger partial charge in [-0.25, -0.2) is 0 Å². The van der Waals surface area contributed by atoms with Gasteiger partial charge in [-0.1, -0.05) is 13.3 Å². The van der Waals surface area contributed by atoms with Crippen molar-refractivity contribution in [2.45, 2.75) is 26.2 Å². The van der Waals surface area contributed by atoms with Crippen molar-refractivity contribution in [2.75, 3.05) is 6.61 Å². The van der Waals surface area contributed by atoms with Gasteiger partial charge in [0.1, 0.15) is 0 Å². The summed E-state index contributed by atoms with van der Waals surface area (Å²) in [6.07, 6.45) is 1.81. The molecule has 60 valence electrons. The standard InChI is InChI=1S/C7H14O3/c1-2-3-6(5-8)4-7(9)10/h6,8H,2-5H2,1H3,(H,9,10)/t6-/m1/s1. The second-order valence-electron chi connectivity index (χ2n) is 2.44. The summed E-state index contributed by atoms with van der Waals surface area (Å²) in [7, 11) is 0. The quantitative estimate of drug-likeness (QED) is 0.605. The molecule has 2 N–H and O–H groups in total. The van der Waals surface area contributed by atoms with Crippen LogP contribution < -0.4 is 0 Å². The molecule has 0 amide bonds. The molecule has 0 aliphatic rings. The second kappa shape index (κ2) is 5.23. The van der Waals surface area contributed by atoms with Gasteiger partial charge in [0.25, 0.3) is 0 Å². The smallest absolute Gasteiger partial charge is 0.303 e. The molecule has 0 aliphatic heterocycles. The topological polar surface area (TPSA) is 57.5 Å². The fraction of sp³-hybridized carbons (Fsp3) is 0.857. The van der Waals surface area contributed by atoms with Gasteiger partial charge in [0.15, 0.2) is 0 Å². The fourth-order valence-electron chi connectivity index (χ4n) is 0.913. The van der Waals surface area contributed by atoms with Gasteiger partial charge in [-0.15, -0.1) is 0 Å². The normalized spacial score (nSPS) is 13.0. The molecule has 0 aromatic heterocycles. The van der Waals surface area contributed by atoms with E-state index >= 15 is 0 Å². The Morgan fingerprint density at radius 3 is 2.50 bits per heavy atom. The van der Waals surface area contributed by atoms with Crippen LogP contribution in [-0.2, 0) is 4.79 Å². The maximum absolute atomic E-state index is 10.1. The maximum atomic E-state index is 10.1. The number of hydrogen-bond donors (Lipinski definition) is 2. The highest BCUT2D eigenvalue weighted by molar-refractivity contribution is 5.66. The van der Waals surface area contributed by atoms with Crippen LogP contribution in [0.2, 0.25) is 0 Å². The van der Waals surface area contributed by atoms with Crippen LogP contribution in [0, 0.1) is 5.92 Å². The molecule has 0 aromatic carbocycles. The summed E-state index contributed by atoms with van der Waals surface area (Å²) in [5.41, 5.74) is 0. The number of carbonyl (C=O) groups is 1. The van der Waals surface area contributed by atoms with E-state index in [9.17, 15) is 4.79 Å². The van der Waals surface area contributed by atoms with Crippen molar-refractivity contribution in [2.24, 2.45) is 5.92 Å². The van der Waals surface area contributed by atoms with Crippen LogP contribution in [0.5, 0.6) is 0 Å². The summed E-state index contributed by atoms with van der Waals surface area (Å²) in [6, 6.07) is 0. The lowest BCUT2D eigenvalue weighted by Crippen LogP contribution is -2.11. The minimum Gasteiger partial charge on any atom is -0.481 e. The molecular formula is C7H14O3. The van der Waals surface area contributed by atoms with Crippen molar-refractivity contribution in [3.05, 3.63) is 0 Å². The molecule has 3 heteroatoms. The van der Waals surface area contributed by atoms with Gasteiger partial charge in [0.05, 0.1) is 6.42 Å². The van der Waals surface area contributed by atoms with Gasteiger partial charge < -0.3 is 10.2 Å². The van der Waals surface area contributed by atoms with Crippen LogP contribution >= 0.6 is 0 Å². The van der Waals surface area contributed by atoms with Gasteiger partial charge in [-0.3, -0.25) is 4.79 Å². The van der Waals surface area contributed by atoms with Gasteiger partial charge in [0.2, 0.25) is 0 Å². The molecule has 0 aromatic rings. The lowest BCUT2D eigenvalue weighted by Gasteiger charge is -2.08. The predicted octanol–water partition coefficient (Wildman–Crippen LogP) is 0.870. The number of carboxylic acids is 1. The Bertz CT molecular complexity index is 101. The third-order valence-electron chi connectivity index (χ3n) is 1.42. The first-order chi connectivity index (χ1) is 4.70. The fourth-order valence-corrected chi connectivity index (χ4v) is 0.913. The Morgan fingerprint density at radius 2 is 2.20 bits per heavy atom. The van der Waals surface area contributed by atoms with E-state index in [1.807, 2.05) is 6.92 Å². The summed E-state index contributed by atoms with van der Waals surface area (Å²) < 4.78 is 0. The SMILES string of the molecule is CCC[C@@H](CO)CC(=O)O. The predicted molar refractivity (Wildman–Crippen MR) is 37.7 cm³/mol. The number of hydrogen-bond acceptors (Lipinski definition) is 2. The van der Waals surface area contributed by atoms with Crippen LogP contribution in [0.1, 0.15) is 26.2 Å². The lowest BCUT2D eigenvalue weighted by molar-refractivity contribution is -0.138. The Labute approximate surface area is 60.7 Å². The minimum absolute atomic E-state index is 0.0137.